The van der Waals surface area contributed by atoms with Crippen LogP contribution in [0.3, 0.4) is 0 Å². The molecule has 0 radical (unpaired) electrons. The van der Waals surface area contributed by atoms with Crippen molar-refractivity contribution in [3.63, 3.8) is 0 Å². The number of aliphatic hydroxyl groups excluding tert-OH is 1. The summed E-state index contributed by atoms with van der Waals surface area (Å²) >= 11 is 14.1. The van der Waals surface area contributed by atoms with Gasteiger partial charge in [-0.25, -0.2) is 0 Å². The number of Topliss-reactive ketones (excluding diaryl/α,β-unsaturated/α-hetero) is 1. The fraction of sp³-hybridized carbons (Fsp3) is 0.200. The summed E-state index contributed by atoms with van der Waals surface area (Å²) in [7, 11) is 2.77. The number of ketones is 1. The predicted octanol–water partition coefficient (Wildman–Crippen LogP) is 6.32. The number of benzene rings is 2. The Kier molecular flexibility index (Phi) is 6.62. The number of amides is 1. The molecule has 0 spiro atoms. The van der Waals surface area contributed by atoms with Crippen molar-refractivity contribution in [2.75, 3.05) is 19.1 Å². The number of methoxy groups -OCH3 is 2. The molecule has 1 N–H and O–H groups in total. The molecular weight excluding hydrogens is 497 g/mol. The van der Waals surface area contributed by atoms with Crippen molar-refractivity contribution in [2.24, 2.45) is 0 Å². The van der Waals surface area contributed by atoms with Gasteiger partial charge in [-0.15, -0.1) is 11.3 Å². The molecular formula is C25H21Cl2NO5S. The zero-order valence-corrected chi connectivity index (χ0v) is 21.1. The highest BCUT2D eigenvalue weighted by Crippen LogP contribution is 2.48. The van der Waals surface area contributed by atoms with Gasteiger partial charge >= 0.3 is 0 Å². The van der Waals surface area contributed by atoms with Crippen molar-refractivity contribution in [3.8, 4) is 11.5 Å². The number of ether oxygens (including phenoxy) is 2. The van der Waals surface area contributed by atoms with E-state index in [4.69, 9.17) is 32.7 Å². The van der Waals surface area contributed by atoms with Crippen molar-refractivity contribution >= 4 is 57.7 Å². The Balaban J connectivity index is 2.00. The maximum atomic E-state index is 13.3. The normalized spacial score (nSPS) is 17.4. The van der Waals surface area contributed by atoms with Crippen LogP contribution in [0, 0.1) is 13.8 Å². The number of thiophene rings is 1. The van der Waals surface area contributed by atoms with Crippen LogP contribution < -0.4 is 14.4 Å². The molecule has 1 saturated heterocycles. The smallest absolute Gasteiger partial charge is 0.300 e. The number of nitrogens with zero attached hydrogens (tertiary/aromatic N) is 1. The van der Waals surface area contributed by atoms with Crippen LogP contribution in [0.5, 0.6) is 11.5 Å². The molecule has 176 valence electrons. The Morgan fingerprint density at radius 3 is 2.24 bits per heavy atom. The molecule has 0 bridgehead atoms. The summed E-state index contributed by atoms with van der Waals surface area (Å²) in [6, 6.07) is 9.84. The lowest BCUT2D eigenvalue weighted by Crippen LogP contribution is -2.29. The van der Waals surface area contributed by atoms with Crippen LogP contribution in [0.4, 0.5) is 5.69 Å². The van der Waals surface area contributed by atoms with Crippen molar-refractivity contribution in [1.29, 1.82) is 0 Å². The monoisotopic (exact) mass is 517 g/mol. The number of rotatable bonds is 5. The number of anilines is 1. The number of hydrogen-bond donors (Lipinski definition) is 1. The maximum absolute atomic E-state index is 13.3. The zero-order chi connectivity index (χ0) is 24.7. The number of carbonyl (C=O) groups is 2. The lowest BCUT2D eigenvalue weighted by atomic mass is 9.98. The first-order chi connectivity index (χ1) is 16.2. The van der Waals surface area contributed by atoms with Crippen LogP contribution in [0.25, 0.3) is 5.76 Å². The third-order valence-corrected chi connectivity index (χ3v) is 7.09. The van der Waals surface area contributed by atoms with Gasteiger partial charge in [0.05, 0.1) is 30.4 Å². The molecule has 4 rings (SSSR count). The highest BCUT2D eigenvalue weighted by Gasteiger charge is 2.48. The highest BCUT2D eigenvalue weighted by molar-refractivity contribution is 7.10. The molecule has 1 aliphatic rings. The first kappa shape index (κ1) is 24.1. The van der Waals surface area contributed by atoms with Gasteiger partial charge in [-0.2, -0.15) is 0 Å². The Morgan fingerprint density at radius 1 is 1.03 bits per heavy atom. The predicted molar refractivity (Wildman–Crippen MR) is 135 cm³/mol. The van der Waals surface area contributed by atoms with Gasteiger partial charge in [-0.1, -0.05) is 35.3 Å². The van der Waals surface area contributed by atoms with Gasteiger partial charge in [0.2, 0.25) is 0 Å². The van der Waals surface area contributed by atoms with E-state index < -0.39 is 23.5 Å². The zero-order valence-electron chi connectivity index (χ0n) is 18.8. The summed E-state index contributed by atoms with van der Waals surface area (Å²) < 4.78 is 10.6. The molecule has 9 heteroatoms. The fourth-order valence-corrected chi connectivity index (χ4v) is 5.71. The lowest BCUT2D eigenvalue weighted by Gasteiger charge is -2.25. The van der Waals surface area contributed by atoms with Crippen LogP contribution >= 0.6 is 34.5 Å². The molecule has 34 heavy (non-hydrogen) atoms. The van der Waals surface area contributed by atoms with Crippen LogP contribution in [0.2, 0.25) is 10.0 Å². The van der Waals surface area contributed by atoms with E-state index in [0.29, 0.717) is 10.6 Å². The van der Waals surface area contributed by atoms with Gasteiger partial charge in [0.1, 0.15) is 16.8 Å². The van der Waals surface area contributed by atoms with Gasteiger partial charge in [-0.05, 0) is 54.6 Å². The van der Waals surface area contributed by atoms with Crippen molar-refractivity contribution in [2.45, 2.75) is 19.9 Å². The van der Waals surface area contributed by atoms with Crippen molar-refractivity contribution in [1.82, 2.24) is 0 Å². The summed E-state index contributed by atoms with van der Waals surface area (Å²) in [4.78, 5) is 28.8. The van der Waals surface area contributed by atoms with E-state index in [2.05, 4.69) is 0 Å². The van der Waals surface area contributed by atoms with E-state index in [0.717, 1.165) is 11.1 Å². The van der Waals surface area contributed by atoms with E-state index in [1.54, 1.807) is 0 Å². The molecule has 1 amide bonds. The molecule has 2 heterocycles. The topological polar surface area (TPSA) is 76.1 Å². The summed E-state index contributed by atoms with van der Waals surface area (Å²) in [5.74, 6) is -1.76. The summed E-state index contributed by atoms with van der Waals surface area (Å²) in [5, 5.41) is 13.4. The minimum atomic E-state index is -0.842. The third kappa shape index (κ3) is 3.94. The van der Waals surface area contributed by atoms with Gasteiger partial charge in [-0.3, -0.25) is 14.5 Å². The van der Waals surface area contributed by atoms with Gasteiger partial charge < -0.3 is 14.6 Å². The van der Waals surface area contributed by atoms with Crippen molar-refractivity contribution in [3.05, 3.63) is 79.0 Å². The van der Waals surface area contributed by atoms with Crippen LogP contribution in [0.15, 0.2) is 47.4 Å². The fourth-order valence-electron chi connectivity index (χ4n) is 4.20. The average molecular weight is 518 g/mol. The minimum absolute atomic E-state index is 0.0373. The number of aryl methyl sites for hydroxylation is 2. The standard InChI is InChI=1S/C25H21Cl2NO5S/c1-12-8-13(2)10-14(9-12)28-20(17-6-5-7-34-17)18(22(30)25(28)31)21(29)15-11-16(26)24(33-4)19(27)23(15)32-3/h5-11,20,29H,1-4H3/b21-18-. The van der Waals surface area contributed by atoms with Crippen LogP contribution in [0.1, 0.15) is 27.6 Å². The second-order valence-corrected chi connectivity index (χ2v) is 9.58. The maximum Gasteiger partial charge on any atom is 0.300 e. The largest absolute Gasteiger partial charge is 0.507 e. The van der Waals surface area contributed by atoms with E-state index >= 15 is 0 Å². The van der Waals surface area contributed by atoms with E-state index in [-0.39, 0.29) is 32.7 Å². The molecule has 1 aromatic heterocycles. The van der Waals surface area contributed by atoms with Crippen LogP contribution in [-0.2, 0) is 9.59 Å². The summed E-state index contributed by atoms with van der Waals surface area (Å²) in [5.41, 5.74) is 2.45. The molecule has 0 aliphatic carbocycles. The SMILES string of the molecule is COc1c(Cl)cc(/C(O)=C2/C(=O)C(=O)N(c3cc(C)cc(C)c3)C2c2cccs2)c(OC)c1Cl. The van der Waals surface area contributed by atoms with E-state index in [9.17, 15) is 14.7 Å². The molecule has 1 aliphatic heterocycles. The van der Waals surface area contributed by atoms with Gasteiger partial charge in [0.25, 0.3) is 11.7 Å². The number of aliphatic hydroxyl groups is 1. The molecule has 2 aromatic carbocycles. The molecule has 1 unspecified atom stereocenters. The number of hydrogen-bond acceptors (Lipinski definition) is 6. The molecule has 1 atom stereocenters. The van der Waals surface area contributed by atoms with Crippen molar-refractivity contribution < 1.29 is 24.2 Å². The van der Waals surface area contributed by atoms with Gasteiger partial charge in [0.15, 0.2) is 11.5 Å². The second-order valence-electron chi connectivity index (χ2n) is 7.82. The number of halogens is 2. The molecule has 6 nitrogen and oxygen atoms in total. The quantitative estimate of drug-likeness (QED) is 0.243. The first-order valence-electron chi connectivity index (χ1n) is 10.2. The summed E-state index contributed by atoms with van der Waals surface area (Å²) in [6.45, 7) is 3.83. The number of carbonyl (C=O) groups excluding carboxylic acids is 2. The van der Waals surface area contributed by atoms with E-state index in [1.807, 2.05) is 49.6 Å². The van der Waals surface area contributed by atoms with Crippen LogP contribution in [-0.4, -0.2) is 31.0 Å². The highest BCUT2D eigenvalue weighted by atomic mass is 35.5. The average Bonchev–Trinajstić information content (AvgIpc) is 3.39. The first-order valence-corrected chi connectivity index (χ1v) is 11.9. The lowest BCUT2D eigenvalue weighted by molar-refractivity contribution is -0.132. The Morgan fingerprint density at radius 2 is 1.68 bits per heavy atom. The third-order valence-electron chi connectivity index (χ3n) is 5.54. The Bertz CT molecular complexity index is 1310. The Labute approximate surface area is 210 Å². The molecule has 3 aromatic rings. The molecule has 0 saturated carbocycles. The minimum Gasteiger partial charge on any atom is -0.507 e. The van der Waals surface area contributed by atoms with E-state index in [1.165, 1.54) is 36.5 Å². The molecule has 1 fully saturated rings. The Hall–Kier alpha value is -3.00. The second kappa shape index (κ2) is 9.33. The van der Waals surface area contributed by atoms with Gasteiger partial charge in [0, 0.05) is 10.6 Å². The summed E-state index contributed by atoms with van der Waals surface area (Å²) in [6.07, 6.45) is 0.